The number of Topliss-reactive ketones (excluding diaryl/α,β-unsaturated/α-hetero) is 1. The number of carbonyl (C=O) groups is 1. The lowest BCUT2D eigenvalue weighted by Crippen LogP contribution is -2.68. The molecule has 6 saturated heterocycles. The average Bonchev–Trinajstić information content (AvgIpc) is 1.45. The normalized spacial score (nSPS) is 54.0. The van der Waals surface area contributed by atoms with Crippen LogP contribution in [0.15, 0.2) is 11.1 Å². The van der Waals surface area contributed by atoms with Crippen molar-refractivity contribution in [1.82, 2.24) is 0 Å². The van der Waals surface area contributed by atoms with E-state index in [0.29, 0.717) is 12.8 Å². The van der Waals surface area contributed by atoms with E-state index < -0.39 is 185 Å². The van der Waals surface area contributed by atoms with E-state index in [4.69, 9.17) is 52.1 Å². The van der Waals surface area contributed by atoms with Crippen molar-refractivity contribution in [3.8, 4) is 0 Å². The largest absolute Gasteiger partial charge is 0.394 e. The zero-order valence-electron chi connectivity index (χ0n) is 49.2. The first-order valence-electron chi connectivity index (χ1n) is 30.3. The number of hydrogen-bond donors (Lipinski definition) is 14. The van der Waals surface area contributed by atoms with Gasteiger partial charge in [0.25, 0.3) is 0 Å². The van der Waals surface area contributed by atoms with E-state index in [1.807, 2.05) is 6.92 Å². The molecule has 4 aliphatic carbocycles. The summed E-state index contributed by atoms with van der Waals surface area (Å²) in [5, 5.41) is 153. The van der Waals surface area contributed by atoms with Crippen LogP contribution in [-0.4, -0.2) is 269 Å². The van der Waals surface area contributed by atoms with Crippen LogP contribution in [0.4, 0.5) is 0 Å². The molecule has 0 radical (unpaired) electrons. The summed E-state index contributed by atoms with van der Waals surface area (Å²) in [6, 6.07) is 0. The second-order valence-electron chi connectivity index (χ2n) is 27.1. The SMILES string of the molecule is CCC(=O)[C@H]1C[C@@H](C)[C@]2(CC[C@@]3(C)C4=C(CC[C@@]32C)[C@@]2(C)CC[C@H](O[C@@H]3O[C@H](CO[C@@H]5OC[C@H](O)[C@H](O)[C@H]5O[C@@H]5O[C@H](CO)[C@@H](O)[C@H](O[C@@H]6O[C@H](CO)[C@@H](O)[C@H](O)[C@H]6O)[C@H]5O[C@@H]5O[C@@H](C)[C@H](O)[C@@H](O)[C@H]5O)[C@@H](O)[C@H](O)[C@H]3O)C(C)(C)[C@@H]2CC4)O1. The Kier molecular flexibility index (Phi) is 19.1. The summed E-state index contributed by atoms with van der Waals surface area (Å²) in [6.07, 6.45) is -35.1. The molecule has 6 aliphatic heterocycles. The highest BCUT2D eigenvalue weighted by molar-refractivity contribution is 5.83. The Morgan fingerprint density at radius 3 is 1.79 bits per heavy atom. The molecule has 14 N–H and O–H groups in total. The fourth-order valence-corrected chi connectivity index (χ4v) is 17.1. The van der Waals surface area contributed by atoms with Crippen molar-refractivity contribution in [2.24, 2.45) is 33.5 Å². The Bertz CT molecular complexity index is 2330. The van der Waals surface area contributed by atoms with Gasteiger partial charge in [0.05, 0.1) is 44.2 Å². The molecule has 0 amide bonds. The van der Waals surface area contributed by atoms with Gasteiger partial charge < -0.3 is 124 Å². The maximum Gasteiger partial charge on any atom is 0.187 e. The van der Waals surface area contributed by atoms with Crippen LogP contribution < -0.4 is 0 Å². The van der Waals surface area contributed by atoms with Gasteiger partial charge in [-0.15, -0.1) is 0 Å². The molecular weight excluding hydrogens is 1110 g/mol. The molecule has 26 nitrogen and oxygen atoms in total. The van der Waals surface area contributed by atoms with Gasteiger partial charge in [0.1, 0.15) is 116 Å². The lowest BCUT2D eigenvalue weighted by molar-refractivity contribution is -0.406. The predicted octanol–water partition coefficient (Wildman–Crippen LogP) is -2.59. The molecule has 2 saturated carbocycles. The van der Waals surface area contributed by atoms with Crippen LogP contribution in [0, 0.1) is 33.5 Å². The van der Waals surface area contributed by atoms with E-state index in [2.05, 4.69) is 41.5 Å². The first kappa shape index (κ1) is 65.4. The summed E-state index contributed by atoms with van der Waals surface area (Å²) in [5.74, 6) is 0.583. The predicted molar refractivity (Wildman–Crippen MR) is 284 cm³/mol. The van der Waals surface area contributed by atoms with Gasteiger partial charge in [-0.05, 0) is 92.8 Å². The monoisotopic (exact) mass is 1210 g/mol. The molecule has 0 aromatic carbocycles. The smallest absolute Gasteiger partial charge is 0.187 e. The molecule has 0 aromatic heterocycles. The maximum atomic E-state index is 13.0. The first-order chi connectivity index (χ1) is 39.5. The summed E-state index contributed by atoms with van der Waals surface area (Å²) in [5.41, 5.74) is 1.76. The number of allylic oxidation sites excluding steroid dienone is 2. The summed E-state index contributed by atoms with van der Waals surface area (Å²) in [4.78, 5) is 13.0. The van der Waals surface area contributed by atoms with E-state index in [1.165, 1.54) is 18.1 Å². The van der Waals surface area contributed by atoms with Crippen LogP contribution in [-0.2, 0) is 56.9 Å². The van der Waals surface area contributed by atoms with Gasteiger partial charge in [-0.25, -0.2) is 0 Å². The molecule has 32 atom stereocenters. The average molecular weight is 1210 g/mol. The van der Waals surface area contributed by atoms with E-state index in [1.54, 1.807) is 0 Å². The molecule has 1 spiro atoms. The molecule has 0 unspecified atom stereocenters. The van der Waals surface area contributed by atoms with Gasteiger partial charge >= 0.3 is 0 Å². The van der Waals surface area contributed by atoms with Crippen LogP contribution in [0.25, 0.3) is 0 Å². The van der Waals surface area contributed by atoms with Crippen LogP contribution >= 0.6 is 0 Å². The van der Waals surface area contributed by atoms with Gasteiger partial charge in [0.15, 0.2) is 37.2 Å². The highest BCUT2D eigenvalue weighted by Crippen LogP contribution is 2.75. The minimum absolute atomic E-state index is 0.110. The molecule has 26 heteroatoms. The van der Waals surface area contributed by atoms with Crippen molar-refractivity contribution in [1.29, 1.82) is 0 Å². The molecule has 482 valence electrons. The van der Waals surface area contributed by atoms with Gasteiger partial charge in [-0.1, -0.05) is 59.6 Å². The molecule has 6 heterocycles. The molecule has 0 bridgehead atoms. The Morgan fingerprint density at radius 2 is 1.13 bits per heavy atom. The fraction of sp³-hybridized carbons (Fsp3) is 0.948. The summed E-state index contributed by atoms with van der Waals surface area (Å²) in [7, 11) is 0. The van der Waals surface area contributed by atoms with Crippen molar-refractivity contribution in [3.63, 3.8) is 0 Å². The molecule has 10 rings (SSSR count). The number of ether oxygens (including phenoxy) is 11. The fourth-order valence-electron chi connectivity index (χ4n) is 17.1. The third-order valence-corrected chi connectivity index (χ3v) is 22.4. The number of carbonyl (C=O) groups excluding carboxylic acids is 1. The second kappa shape index (κ2) is 24.6. The third-order valence-electron chi connectivity index (χ3n) is 22.4. The molecule has 10 aliphatic rings. The topological polar surface area (TPSA) is 402 Å². The summed E-state index contributed by atoms with van der Waals surface area (Å²) >= 11 is 0. The number of ketones is 1. The Morgan fingerprint density at radius 1 is 0.560 bits per heavy atom. The molecular formula is C58H94O26. The standard InChI is InChI=1S/C58H94O26/c1-9-27(61)29-18-23(2)58(84-29)17-16-56(7)26-10-11-33-54(4,5)34(13-14-55(33,6)25(26)12-15-57(56,58)8)80-50-44(72)42(70)38(66)32(79-50)22-75-52-47(36(64)28(62)21-74-52)82-53-48(83-49-43(71)40(68)35(63)24(3)76-49)46(39(67)31(20-60)78-53)81-51-45(73)41(69)37(65)30(19-59)77-51/h23-24,28-53,59-60,62-73H,9-22H2,1-8H3/t23-,24+,28+,29-,30-,31-,32-,33+,34+,35+,36+,37-,38-,39-,40-,41+,42+,43-,44-,45-,46+,47-,48-,49+,50+,51+,52+,53+,55-,56+,57+,58+/m1/s1. The maximum absolute atomic E-state index is 13.0. The second-order valence-corrected chi connectivity index (χ2v) is 27.1. The summed E-state index contributed by atoms with van der Waals surface area (Å²) < 4.78 is 67.5. The van der Waals surface area contributed by atoms with Crippen LogP contribution in [0.5, 0.6) is 0 Å². The Hall–Kier alpha value is -1.59. The Labute approximate surface area is 488 Å². The van der Waals surface area contributed by atoms with Gasteiger partial charge in [0.2, 0.25) is 0 Å². The number of aliphatic hydroxyl groups excluding tert-OH is 14. The Balaban J connectivity index is 0.850. The van der Waals surface area contributed by atoms with Crippen molar-refractivity contribution < 1.29 is 128 Å². The highest BCUT2D eigenvalue weighted by Gasteiger charge is 2.72. The third kappa shape index (κ3) is 10.7. The van der Waals surface area contributed by atoms with Crippen LogP contribution in [0.3, 0.4) is 0 Å². The molecule has 0 aromatic rings. The number of rotatable bonds is 15. The molecule has 8 fully saturated rings. The van der Waals surface area contributed by atoms with Gasteiger partial charge in [-0.2, -0.15) is 0 Å². The van der Waals surface area contributed by atoms with Crippen molar-refractivity contribution in [2.75, 3.05) is 26.4 Å². The zero-order chi connectivity index (χ0) is 61.1. The summed E-state index contributed by atoms with van der Waals surface area (Å²) in [6.45, 7) is 14.1. The number of fused-ring (bicyclic) bond motifs is 5. The number of hydrogen-bond acceptors (Lipinski definition) is 26. The van der Waals surface area contributed by atoms with E-state index in [0.717, 1.165) is 51.4 Å². The van der Waals surface area contributed by atoms with Gasteiger partial charge in [0, 0.05) is 11.8 Å². The first-order valence-corrected chi connectivity index (χ1v) is 30.3. The van der Waals surface area contributed by atoms with Crippen LogP contribution in [0.2, 0.25) is 0 Å². The van der Waals surface area contributed by atoms with Crippen molar-refractivity contribution in [2.45, 2.75) is 285 Å². The minimum Gasteiger partial charge on any atom is -0.394 e. The quantitative estimate of drug-likeness (QED) is 0.0748. The zero-order valence-corrected chi connectivity index (χ0v) is 49.2. The van der Waals surface area contributed by atoms with E-state index in [9.17, 15) is 76.3 Å². The van der Waals surface area contributed by atoms with Crippen LogP contribution in [0.1, 0.15) is 120 Å². The van der Waals surface area contributed by atoms with Gasteiger partial charge in [-0.3, -0.25) is 4.79 Å². The lowest BCUT2D eigenvalue weighted by Gasteiger charge is -2.63. The molecule has 84 heavy (non-hydrogen) atoms. The highest BCUT2D eigenvalue weighted by atomic mass is 16.8. The van der Waals surface area contributed by atoms with Crippen molar-refractivity contribution in [3.05, 3.63) is 11.1 Å². The van der Waals surface area contributed by atoms with E-state index >= 15 is 0 Å². The van der Waals surface area contributed by atoms with E-state index in [-0.39, 0.29) is 45.6 Å². The van der Waals surface area contributed by atoms with Crippen molar-refractivity contribution >= 4 is 5.78 Å². The lowest BCUT2D eigenvalue weighted by atomic mass is 9.43. The minimum atomic E-state index is -2.04. The number of aliphatic hydroxyl groups is 14.